The Labute approximate surface area is 239 Å². The van der Waals surface area contributed by atoms with E-state index in [9.17, 15) is 4.79 Å². The summed E-state index contributed by atoms with van der Waals surface area (Å²) < 4.78 is 18.2. The minimum atomic E-state index is -0.695. The lowest BCUT2D eigenvalue weighted by molar-refractivity contribution is 0.00578. The lowest BCUT2D eigenvalue weighted by Crippen LogP contribution is -2.41. The number of nitrogens with one attached hydrogen (secondary N) is 1. The third kappa shape index (κ3) is 5.41. The molecular formula is C30H31BCl2N2O4. The van der Waals surface area contributed by atoms with Gasteiger partial charge in [-0.3, -0.25) is 0 Å². The van der Waals surface area contributed by atoms with Gasteiger partial charge < -0.3 is 25.1 Å². The van der Waals surface area contributed by atoms with Crippen LogP contribution < -0.4 is 11.1 Å². The van der Waals surface area contributed by atoms with Crippen LogP contribution >= 0.6 is 23.2 Å². The van der Waals surface area contributed by atoms with E-state index in [4.69, 9.17) is 43.0 Å². The van der Waals surface area contributed by atoms with Crippen LogP contribution in [0.4, 0.5) is 10.5 Å². The van der Waals surface area contributed by atoms with Crippen molar-refractivity contribution < 1.29 is 18.8 Å². The van der Waals surface area contributed by atoms with Crippen LogP contribution in [0.5, 0.6) is 0 Å². The SMILES string of the molecule is CC1(C)OB(C(=Cc2cc(Cl)c(N)c(Cl)c2)CNC(=O)OCC2c3ccccc3-c3ccccc32)OC1(C)C. The van der Waals surface area contributed by atoms with Gasteiger partial charge >= 0.3 is 13.2 Å². The number of benzene rings is 3. The molecule has 3 aromatic carbocycles. The third-order valence-corrected chi connectivity index (χ3v) is 8.42. The average molecular weight is 565 g/mol. The van der Waals surface area contributed by atoms with Gasteiger partial charge in [0.15, 0.2) is 0 Å². The van der Waals surface area contributed by atoms with Gasteiger partial charge in [0, 0.05) is 12.5 Å². The maximum absolute atomic E-state index is 12.9. The number of hydrogen-bond donors (Lipinski definition) is 2. The highest BCUT2D eigenvalue weighted by Gasteiger charge is 2.52. The summed E-state index contributed by atoms with van der Waals surface area (Å²) in [5.74, 6) is -0.0275. The number of ether oxygens (including phenoxy) is 1. The summed E-state index contributed by atoms with van der Waals surface area (Å²) >= 11 is 12.5. The molecule has 0 aromatic heterocycles. The minimum Gasteiger partial charge on any atom is -0.449 e. The summed E-state index contributed by atoms with van der Waals surface area (Å²) in [7, 11) is -0.695. The van der Waals surface area contributed by atoms with E-state index in [1.807, 2.05) is 58.0 Å². The summed E-state index contributed by atoms with van der Waals surface area (Å²) in [5, 5.41) is 3.55. The van der Waals surface area contributed by atoms with Crippen molar-refractivity contribution in [2.75, 3.05) is 18.9 Å². The van der Waals surface area contributed by atoms with E-state index in [1.165, 1.54) is 11.1 Å². The Morgan fingerprint density at radius 2 is 1.49 bits per heavy atom. The van der Waals surface area contributed by atoms with Gasteiger partial charge in [-0.25, -0.2) is 4.79 Å². The second-order valence-corrected chi connectivity index (χ2v) is 11.7. The Balaban J connectivity index is 1.32. The van der Waals surface area contributed by atoms with Crippen molar-refractivity contribution in [2.45, 2.75) is 44.8 Å². The van der Waals surface area contributed by atoms with Gasteiger partial charge in [-0.05, 0) is 73.1 Å². The molecule has 3 aromatic rings. The molecule has 39 heavy (non-hydrogen) atoms. The highest BCUT2D eigenvalue weighted by Crippen LogP contribution is 2.44. The van der Waals surface area contributed by atoms with Gasteiger partial charge in [0.05, 0.1) is 26.9 Å². The number of carbonyl (C=O) groups is 1. The normalized spacial score (nSPS) is 17.6. The number of halogens is 2. The van der Waals surface area contributed by atoms with Crippen LogP contribution in [0, 0.1) is 0 Å². The second kappa shape index (κ2) is 10.5. The molecule has 0 unspecified atom stereocenters. The Morgan fingerprint density at radius 1 is 0.974 bits per heavy atom. The van der Waals surface area contributed by atoms with Gasteiger partial charge in [0.25, 0.3) is 0 Å². The van der Waals surface area contributed by atoms with Crippen LogP contribution in [0.15, 0.2) is 66.1 Å². The predicted molar refractivity (Wildman–Crippen MR) is 158 cm³/mol. The molecule has 1 amide bonds. The number of amides is 1. The van der Waals surface area contributed by atoms with Gasteiger partial charge in [-0.15, -0.1) is 0 Å². The zero-order valence-corrected chi connectivity index (χ0v) is 23.9. The Hall–Kier alpha value is -2.97. The van der Waals surface area contributed by atoms with Gasteiger partial charge in [-0.2, -0.15) is 0 Å². The van der Waals surface area contributed by atoms with E-state index in [0.29, 0.717) is 26.8 Å². The van der Waals surface area contributed by atoms with E-state index >= 15 is 0 Å². The maximum atomic E-state index is 12.9. The number of anilines is 1. The molecule has 2 aliphatic rings. The molecular weight excluding hydrogens is 534 g/mol. The van der Waals surface area contributed by atoms with Crippen LogP contribution in [0.3, 0.4) is 0 Å². The molecule has 1 fully saturated rings. The summed E-state index contributed by atoms with van der Waals surface area (Å²) in [4.78, 5) is 12.9. The van der Waals surface area contributed by atoms with E-state index in [-0.39, 0.29) is 19.1 Å². The first-order valence-electron chi connectivity index (χ1n) is 12.9. The smallest absolute Gasteiger partial charge is 0.449 e. The number of carbonyl (C=O) groups excluding carboxylic acids is 1. The molecule has 0 radical (unpaired) electrons. The van der Waals surface area contributed by atoms with Crippen LogP contribution in [-0.2, 0) is 14.0 Å². The topological polar surface area (TPSA) is 82.8 Å². The number of alkyl carbamates (subject to hydrolysis) is 1. The molecule has 0 atom stereocenters. The highest BCUT2D eigenvalue weighted by atomic mass is 35.5. The van der Waals surface area contributed by atoms with E-state index in [0.717, 1.165) is 11.1 Å². The van der Waals surface area contributed by atoms with Crippen molar-refractivity contribution in [3.63, 3.8) is 0 Å². The summed E-state index contributed by atoms with van der Waals surface area (Å²) in [6.45, 7) is 8.24. The molecule has 0 bridgehead atoms. The second-order valence-electron chi connectivity index (χ2n) is 10.9. The molecule has 0 spiro atoms. The number of nitrogen functional groups attached to an aromatic ring is 1. The van der Waals surface area contributed by atoms with Crippen molar-refractivity contribution in [3.8, 4) is 11.1 Å². The molecule has 6 nitrogen and oxygen atoms in total. The number of hydrogen-bond acceptors (Lipinski definition) is 5. The van der Waals surface area contributed by atoms with Crippen molar-refractivity contribution >= 4 is 48.2 Å². The quantitative estimate of drug-likeness (QED) is 0.246. The molecule has 9 heteroatoms. The fraction of sp³-hybridized carbons (Fsp3) is 0.300. The Kier molecular flexibility index (Phi) is 7.46. The van der Waals surface area contributed by atoms with E-state index in [2.05, 4.69) is 29.6 Å². The molecule has 1 saturated heterocycles. The van der Waals surface area contributed by atoms with Gasteiger partial charge in [-0.1, -0.05) is 77.8 Å². The van der Waals surface area contributed by atoms with Gasteiger partial charge in [0.2, 0.25) is 0 Å². The van der Waals surface area contributed by atoms with Crippen LogP contribution in [0.25, 0.3) is 17.2 Å². The van der Waals surface area contributed by atoms with Crippen molar-refractivity contribution in [2.24, 2.45) is 0 Å². The molecule has 0 saturated carbocycles. The number of fused-ring (bicyclic) bond motifs is 3. The first-order valence-corrected chi connectivity index (χ1v) is 13.6. The maximum Gasteiger partial charge on any atom is 0.492 e. The lowest BCUT2D eigenvalue weighted by Gasteiger charge is -2.32. The monoisotopic (exact) mass is 564 g/mol. The third-order valence-electron chi connectivity index (χ3n) is 7.79. The molecule has 1 aliphatic carbocycles. The first kappa shape index (κ1) is 27.6. The standard InChI is InChI=1S/C30H31BCl2N2O4/c1-29(2)30(3,4)39-31(38-29)19(13-18-14-25(32)27(34)26(33)15-18)16-35-28(36)37-17-24-22-11-7-5-9-20(22)21-10-6-8-12-23(21)24/h5-15,24H,16-17,34H2,1-4H3,(H,35,36). The molecule has 202 valence electrons. The van der Waals surface area contributed by atoms with Crippen molar-refractivity contribution in [1.29, 1.82) is 0 Å². The predicted octanol–water partition coefficient (Wildman–Crippen LogP) is 7.13. The van der Waals surface area contributed by atoms with E-state index < -0.39 is 24.4 Å². The van der Waals surface area contributed by atoms with Crippen molar-refractivity contribution in [3.05, 3.63) is 92.9 Å². The zero-order valence-electron chi connectivity index (χ0n) is 22.4. The van der Waals surface area contributed by atoms with Crippen LogP contribution in [-0.4, -0.2) is 37.6 Å². The Bertz CT molecular complexity index is 1370. The van der Waals surface area contributed by atoms with Crippen LogP contribution in [0.1, 0.15) is 50.3 Å². The number of nitrogens with two attached hydrogens (primary N) is 1. The molecule has 3 N–H and O–H groups in total. The zero-order chi connectivity index (χ0) is 27.9. The fourth-order valence-corrected chi connectivity index (χ4v) is 5.43. The first-order chi connectivity index (χ1) is 18.5. The molecule has 1 aliphatic heterocycles. The van der Waals surface area contributed by atoms with E-state index in [1.54, 1.807) is 12.1 Å². The van der Waals surface area contributed by atoms with Gasteiger partial charge in [0.1, 0.15) is 6.61 Å². The number of rotatable bonds is 6. The fourth-order valence-electron chi connectivity index (χ4n) is 4.92. The largest absolute Gasteiger partial charge is 0.492 e. The summed E-state index contributed by atoms with van der Waals surface area (Å²) in [6.07, 6.45) is 1.30. The van der Waals surface area contributed by atoms with Crippen LogP contribution in [0.2, 0.25) is 10.0 Å². The molecule has 5 rings (SSSR count). The van der Waals surface area contributed by atoms with Crippen molar-refractivity contribution in [1.82, 2.24) is 5.32 Å². The molecule has 1 heterocycles. The Morgan fingerprint density at radius 3 is 2.03 bits per heavy atom. The summed E-state index contributed by atoms with van der Waals surface area (Å²) in [5.41, 5.74) is 11.1. The highest BCUT2D eigenvalue weighted by molar-refractivity contribution is 6.56. The summed E-state index contributed by atoms with van der Waals surface area (Å²) in [6, 6.07) is 19.9. The average Bonchev–Trinajstić information content (AvgIpc) is 3.32. The lowest BCUT2D eigenvalue weighted by atomic mass is 9.77. The minimum absolute atomic E-state index is 0.0275.